The lowest BCUT2D eigenvalue weighted by molar-refractivity contribution is -0.125. The molecule has 21 heavy (non-hydrogen) atoms. The minimum atomic E-state index is -0.604. The maximum Gasteiger partial charge on any atom is 0.224 e. The van der Waals surface area contributed by atoms with E-state index in [4.69, 9.17) is 0 Å². The van der Waals surface area contributed by atoms with Crippen molar-refractivity contribution in [1.29, 1.82) is 0 Å². The van der Waals surface area contributed by atoms with Crippen molar-refractivity contribution in [2.45, 2.75) is 32.2 Å². The predicted octanol–water partition coefficient (Wildman–Crippen LogP) is 2.95. The Hall–Kier alpha value is -1.20. The van der Waals surface area contributed by atoms with Crippen molar-refractivity contribution < 1.29 is 13.6 Å². The second-order valence-electron chi connectivity index (χ2n) is 5.21. The summed E-state index contributed by atoms with van der Waals surface area (Å²) >= 11 is 0. The molecule has 0 spiro atoms. The van der Waals surface area contributed by atoms with Gasteiger partial charge in [0.2, 0.25) is 5.91 Å². The van der Waals surface area contributed by atoms with Crippen molar-refractivity contribution >= 4 is 18.3 Å². The third-order valence-electron chi connectivity index (χ3n) is 3.66. The summed E-state index contributed by atoms with van der Waals surface area (Å²) in [4.78, 5) is 12.1. The van der Waals surface area contributed by atoms with Gasteiger partial charge in [-0.3, -0.25) is 4.79 Å². The highest BCUT2D eigenvalue weighted by molar-refractivity contribution is 5.85. The van der Waals surface area contributed by atoms with Crippen molar-refractivity contribution in [1.82, 2.24) is 10.6 Å². The molecule has 1 aliphatic rings. The maximum atomic E-state index is 13.8. The summed E-state index contributed by atoms with van der Waals surface area (Å²) in [5.74, 6) is -1.32. The fourth-order valence-corrected chi connectivity index (χ4v) is 2.55. The molecule has 1 amide bonds. The number of hydrogen-bond donors (Lipinski definition) is 2. The summed E-state index contributed by atoms with van der Waals surface area (Å²) in [7, 11) is 0. The minimum Gasteiger partial charge on any atom is -0.349 e. The molecule has 0 aliphatic carbocycles. The van der Waals surface area contributed by atoms with Gasteiger partial charge < -0.3 is 10.6 Å². The predicted molar refractivity (Wildman–Crippen MR) is 80.4 cm³/mol. The van der Waals surface area contributed by atoms with Crippen LogP contribution in [0.4, 0.5) is 8.78 Å². The molecule has 1 aromatic carbocycles. The van der Waals surface area contributed by atoms with Gasteiger partial charge in [-0.25, -0.2) is 8.78 Å². The fourth-order valence-electron chi connectivity index (χ4n) is 2.55. The molecule has 0 aromatic heterocycles. The monoisotopic (exact) mass is 318 g/mol. The lowest BCUT2D eigenvalue weighted by atomic mass is 10.00. The molecule has 1 heterocycles. The Labute approximate surface area is 129 Å². The number of hydrogen-bond acceptors (Lipinski definition) is 2. The molecule has 2 rings (SSSR count). The zero-order valence-corrected chi connectivity index (χ0v) is 12.8. The summed E-state index contributed by atoms with van der Waals surface area (Å²) in [6.45, 7) is 3.47. The van der Waals surface area contributed by atoms with Gasteiger partial charge in [0.15, 0.2) is 0 Å². The van der Waals surface area contributed by atoms with Crippen LogP contribution in [0.2, 0.25) is 0 Å². The van der Waals surface area contributed by atoms with Crippen LogP contribution in [0.25, 0.3) is 0 Å². The van der Waals surface area contributed by atoms with Gasteiger partial charge in [0.1, 0.15) is 11.6 Å². The van der Waals surface area contributed by atoms with Crippen LogP contribution >= 0.6 is 12.4 Å². The summed E-state index contributed by atoms with van der Waals surface area (Å²) < 4.78 is 26.8. The number of amides is 1. The van der Waals surface area contributed by atoms with E-state index >= 15 is 0 Å². The van der Waals surface area contributed by atoms with E-state index in [1.165, 1.54) is 12.1 Å². The van der Waals surface area contributed by atoms with Crippen LogP contribution in [0.15, 0.2) is 18.2 Å². The Bertz CT molecular complexity index is 479. The van der Waals surface area contributed by atoms with Gasteiger partial charge in [-0.1, -0.05) is 19.4 Å². The molecule has 1 fully saturated rings. The van der Waals surface area contributed by atoms with E-state index in [-0.39, 0.29) is 24.2 Å². The van der Waals surface area contributed by atoms with Crippen LogP contribution in [0.3, 0.4) is 0 Å². The molecule has 1 aromatic rings. The van der Waals surface area contributed by atoms with Gasteiger partial charge in [-0.15, -0.1) is 12.4 Å². The number of halogens is 3. The quantitative estimate of drug-likeness (QED) is 0.876. The van der Waals surface area contributed by atoms with Crippen LogP contribution in [-0.4, -0.2) is 19.0 Å². The highest BCUT2D eigenvalue weighted by atomic mass is 35.5. The number of benzene rings is 1. The fraction of sp³-hybridized carbons (Fsp3) is 0.533. The third kappa shape index (κ3) is 4.64. The van der Waals surface area contributed by atoms with Gasteiger partial charge in [0.25, 0.3) is 0 Å². The van der Waals surface area contributed by atoms with Gasteiger partial charge in [-0.2, -0.15) is 0 Å². The Morgan fingerprint density at radius 3 is 2.81 bits per heavy atom. The van der Waals surface area contributed by atoms with Crippen LogP contribution in [0.1, 0.15) is 37.8 Å². The Morgan fingerprint density at radius 2 is 2.24 bits per heavy atom. The van der Waals surface area contributed by atoms with Crippen molar-refractivity contribution in [3.05, 3.63) is 35.4 Å². The van der Waals surface area contributed by atoms with E-state index in [0.717, 1.165) is 25.5 Å². The smallest absolute Gasteiger partial charge is 0.224 e. The van der Waals surface area contributed by atoms with Crippen molar-refractivity contribution in [3.63, 3.8) is 0 Å². The standard InChI is InChI=1S/C15H20F2N2O.ClH/c1-2-3-14(12-5-4-11(16)8-13(12)17)19-15(20)10-6-7-18-9-10;/h4-5,8,10,14,18H,2-3,6-7,9H2,1H3,(H,19,20);1H. The Kier molecular flexibility index (Phi) is 7.05. The Balaban J connectivity index is 0.00000220. The van der Waals surface area contributed by atoms with E-state index < -0.39 is 17.7 Å². The number of carbonyl (C=O) groups excluding carboxylic acids is 1. The van der Waals surface area contributed by atoms with Gasteiger partial charge in [0, 0.05) is 18.2 Å². The first-order chi connectivity index (χ1) is 9.61. The molecule has 2 N–H and O–H groups in total. The molecule has 0 radical (unpaired) electrons. The van der Waals surface area contributed by atoms with Crippen LogP contribution in [-0.2, 0) is 4.79 Å². The van der Waals surface area contributed by atoms with E-state index in [1.54, 1.807) is 0 Å². The molecule has 2 unspecified atom stereocenters. The van der Waals surface area contributed by atoms with Crippen LogP contribution < -0.4 is 10.6 Å². The summed E-state index contributed by atoms with van der Waals surface area (Å²) in [5, 5.41) is 6.03. The Morgan fingerprint density at radius 1 is 1.48 bits per heavy atom. The second-order valence-corrected chi connectivity index (χ2v) is 5.21. The van der Waals surface area contributed by atoms with E-state index in [0.29, 0.717) is 18.5 Å². The number of rotatable bonds is 5. The SMILES string of the molecule is CCCC(NC(=O)C1CCNC1)c1ccc(F)cc1F.Cl. The molecular weight excluding hydrogens is 298 g/mol. The highest BCUT2D eigenvalue weighted by Crippen LogP contribution is 2.23. The molecular formula is C15H21ClF2N2O. The van der Waals surface area contributed by atoms with Gasteiger partial charge in [-0.05, 0) is 25.5 Å². The summed E-state index contributed by atoms with van der Waals surface area (Å²) in [6, 6.07) is 3.11. The molecule has 3 nitrogen and oxygen atoms in total. The highest BCUT2D eigenvalue weighted by Gasteiger charge is 2.25. The van der Waals surface area contributed by atoms with E-state index in [2.05, 4.69) is 10.6 Å². The number of nitrogens with one attached hydrogen (secondary N) is 2. The second kappa shape index (κ2) is 8.29. The normalized spacial score (nSPS) is 18.9. The minimum absolute atomic E-state index is 0. The molecule has 2 atom stereocenters. The summed E-state index contributed by atoms with van der Waals surface area (Å²) in [5.41, 5.74) is 0.354. The summed E-state index contributed by atoms with van der Waals surface area (Å²) in [6.07, 6.45) is 2.25. The van der Waals surface area contributed by atoms with Gasteiger partial charge >= 0.3 is 0 Å². The topological polar surface area (TPSA) is 41.1 Å². The molecule has 0 bridgehead atoms. The lowest BCUT2D eigenvalue weighted by Gasteiger charge is -2.21. The maximum absolute atomic E-state index is 13.8. The first-order valence-electron chi connectivity index (χ1n) is 7.08. The largest absolute Gasteiger partial charge is 0.349 e. The molecule has 1 saturated heterocycles. The lowest BCUT2D eigenvalue weighted by Crippen LogP contribution is -2.35. The number of carbonyl (C=O) groups is 1. The third-order valence-corrected chi connectivity index (χ3v) is 3.66. The van der Waals surface area contributed by atoms with Crippen molar-refractivity contribution in [2.75, 3.05) is 13.1 Å². The average Bonchev–Trinajstić information content (AvgIpc) is 2.92. The zero-order chi connectivity index (χ0) is 14.5. The van der Waals surface area contributed by atoms with Crippen LogP contribution in [0.5, 0.6) is 0 Å². The zero-order valence-electron chi connectivity index (χ0n) is 12.0. The van der Waals surface area contributed by atoms with E-state index in [9.17, 15) is 13.6 Å². The van der Waals surface area contributed by atoms with Crippen molar-refractivity contribution in [3.8, 4) is 0 Å². The first-order valence-corrected chi connectivity index (χ1v) is 7.08. The molecule has 0 saturated carbocycles. The van der Waals surface area contributed by atoms with Gasteiger partial charge in [0.05, 0.1) is 12.0 Å². The first kappa shape index (κ1) is 17.9. The van der Waals surface area contributed by atoms with E-state index in [1.807, 2.05) is 6.92 Å². The van der Waals surface area contributed by atoms with Crippen LogP contribution in [0, 0.1) is 17.6 Å². The average molecular weight is 319 g/mol. The van der Waals surface area contributed by atoms with Crippen molar-refractivity contribution in [2.24, 2.45) is 5.92 Å². The molecule has 6 heteroatoms. The molecule has 1 aliphatic heterocycles. The molecule has 118 valence electrons.